The molecular weight excluding hydrogens is 300 g/mol. The van der Waals surface area contributed by atoms with E-state index >= 15 is 0 Å². The van der Waals surface area contributed by atoms with E-state index in [4.69, 9.17) is 0 Å². The topological polar surface area (TPSA) is 17.8 Å². The fourth-order valence-corrected chi connectivity index (χ4v) is 3.49. The fourth-order valence-electron chi connectivity index (χ4n) is 2.49. The summed E-state index contributed by atoms with van der Waals surface area (Å²) in [7, 11) is 0. The molecule has 0 amide bonds. The number of aromatic nitrogens is 2. The van der Waals surface area contributed by atoms with Crippen molar-refractivity contribution in [3.05, 3.63) is 53.5 Å². The minimum atomic E-state index is 1.14. The predicted molar refractivity (Wildman–Crippen MR) is 102 cm³/mol. The number of unbranched alkanes of at least 4 members (excludes halogenated alkanes) is 5. The second-order valence-electron chi connectivity index (χ2n) is 6.04. The van der Waals surface area contributed by atoms with Gasteiger partial charge in [-0.1, -0.05) is 68.5 Å². The van der Waals surface area contributed by atoms with Gasteiger partial charge >= 0.3 is 0 Å². The van der Waals surface area contributed by atoms with Crippen LogP contribution in [0.15, 0.2) is 52.8 Å². The molecule has 0 saturated carbocycles. The van der Waals surface area contributed by atoms with E-state index in [-0.39, 0.29) is 0 Å². The highest BCUT2D eigenvalue weighted by molar-refractivity contribution is 8.03. The fraction of sp³-hybridized carbons (Fsp3) is 0.450. The number of thioether (sulfide) groups is 1. The maximum Gasteiger partial charge on any atom is 0.0987 e. The highest BCUT2D eigenvalue weighted by Crippen LogP contribution is 2.31. The van der Waals surface area contributed by atoms with Gasteiger partial charge in [0.2, 0.25) is 0 Å². The van der Waals surface area contributed by atoms with E-state index in [1.165, 1.54) is 53.9 Å². The largest absolute Gasteiger partial charge is 0.312 e. The lowest BCUT2D eigenvalue weighted by atomic mass is 10.1. The Bertz CT molecular complexity index is 570. The molecule has 0 N–H and O–H groups in total. The van der Waals surface area contributed by atoms with Crippen molar-refractivity contribution in [3.8, 4) is 0 Å². The zero-order valence-electron chi connectivity index (χ0n) is 14.4. The van der Waals surface area contributed by atoms with Gasteiger partial charge in [-0.2, -0.15) is 0 Å². The maximum atomic E-state index is 4.13. The average molecular weight is 329 g/mol. The Labute approximate surface area is 145 Å². The molecule has 1 aromatic heterocycles. The monoisotopic (exact) mass is 328 g/mol. The zero-order valence-corrected chi connectivity index (χ0v) is 15.2. The van der Waals surface area contributed by atoms with Gasteiger partial charge in [0, 0.05) is 28.4 Å². The van der Waals surface area contributed by atoms with Crippen LogP contribution in [0, 0.1) is 6.92 Å². The van der Waals surface area contributed by atoms with Gasteiger partial charge in [-0.25, -0.2) is 4.98 Å². The van der Waals surface area contributed by atoms with Crippen molar-refractivity contribution in [2.75, 3.05) is 0 Å². The molecule has 0 radical (unpaired) electrons. The van der Waals surface area contributed by atoms with Crippen LogP contribution in [0.5, 0.6) is 0 Å². The number of aryl methyl sites for hydroxylation is 1. The number of rotatable bonds is 10. The number of benzene rings is 1. The normalized spacial score (nSPS) is 11.8. The van der Waals surface area contributed by atoms with Crippen molar-refractivity contribution in [1.82, 2.24) is 9.55 Å². The second-order valence-corrected chi connectivity index (χ2v) is 7.24. The van der Waals surface area contributed by atoms with Crippen molar-refractivity contribution in [1.29, 1.82) is 0 Å². The summed E-state index contributed by atoms with van der Waals surface area (Å²) < 4.78 is 2.05. The summed E-state index contributed by atoms with van der Waals surface area (Å²) in [4.78, 5) is 6.85. The Morgan fingerprint density at radius 2 is 1.83 bits per heavy atom. The van der Waals surface area contributed by atoms with Crippen LogP contribution in [-0.2, 0) is 0 Å². The van der Waals surface area contributed by atoms with E-state index in [2.05, 4.69) is 49.3 Å². The molecule has 124 valence electrons. The van der Waals surface area contributed by atoms with E-state index in [0.29, 0.717) is 0 Å². The van der Waals surface area contributed by atoms with Gasteiger partial charge in [0.15, 0.2) is 0 Å². The summed E-state index contributed by atoms with van der Waals surface area (Å²) in [5.74, 6) is 0. The third-order valence-electron chi connectivity index (χ3n) is 3.86. The molecule has 1 aromatic carbocycles. The number of imidazole rings is 1. The Morgan fingerprint density at radius 1 is 1.09 bits per heavy atom. The van der Waals surface area contributed by atoms with Crippen LogP contribution >= 0.6 is 11.8 Å². The van der Waals surface area contributed by atoms with Crippen LogP contribution in [0.1, 0.15) is 57.4 Å². The standard InChI is InChI=1S/C20H28N2S/c1-3-4-5-6-7-8-9-20(16-22-15-14-21-17-22)23-19-12-10-18(2)11-13-19/h10-17H,3-9H2,1-2H3/b20-16-. The summed E-state index contributed by atoms with van der Waals surface area (Å²) in [6, 6.07) is 8.79. The molecule has 3 heteroatoms. The molecule has 0 aliphatic rings. The van der Waals surface area contributed by atoms with Crippen molar-refractivity contribution < 1.29 is 0 Å². The summed E-state index contributed by atoms with van der Waals surface area (Å²) in [6.45, 7) is 4.40. The number of allylic oxidation sites excluding steroid dienone is 1. The number of nitrogens with zero attached hydrogens (tertiary/aromatic N) is 2. The SMILES string of the molecule is CCCCCCCC/C(=C/n1ccnc1)Sc1ccc(C)cc1. The van der Waals surface area contributed by atoms with Crippen molar-refractivity contribution in [3.63, 3.8) is 0 Å². The highest BCUT2D eigenvalue weighted by Gasteiger charge is 2.03. The van der Waals surface area contributed by atoms with E-state index in [1.807, 2.05) is 35.0 Å². The van der Waals surface area contributed by atoms with E-state index < -0.39 is 0 Å². The second kappa shape index (κ2) is 10.3. The lowest BCUT2D eigenvalue weighted by Gasteiger charge is -2.08. The summed E-state index contributed by atoms with van der Waals surface area (Å²) in [5, 5.41) is 0. The molecule has 0 spiro atoms. The van der Waals surface area contributed by atoms with Crippen molar-refractivity contribution in [2.24, 2.45) is 0 Å². The third-order valence-corrected chi connectivity index (χ3v) is 4.94. The lowest BCUT2D eigenvalue weighted by molar-refractivity contribution is 0.610. The van der Waals surface area contributed by atoms with Crippen molar-refractivity contribution in [2.45, 2.75) is 63.7 Å². The number of hydrogen-bond donors (Lipinski definition) is 0. The van der Waals surface area contributed by atoms with E-state index in [9.17, 15) is 0 Å². The minimum Gasteiger partial charge on any atom is -0.312 e. The van der Waals surface area contributed by atoms with Crippen LogP contribution in [0.25, 0.3) is 6.20 Å². The molecule has 0 unspecified atom stereocenters. The molecule has 0 fully saturated rings. The predicted octanol–water partition coefficient (Wildman–Crippen LogP) is 6.53. The first-order valence-electron chi connectivity index (χ1n) is 8.70. The molecule has 2 nitrogen and oxygen atoms in total. The van der Waals surface area contributed by atoms with Gasteiger partial charge in [0.25, 0.3) is 0 Å². The molecule has 2 rings (SSSR count). The van der Waals surface area contributed by atoms with E-state index in [0.717, 1.165) is 6.42 Å². The van der Waals surface area contributed by atoms with Crippen molar-refractivity contribution >= 4 is 18.0 Å². The molecule has 2 aromatic rings. The first-order chi connectivity index (χ1) is 11.3. The molecule has 1 heterocycles. The first-order valence-corrected chi connectivity index (χ1v) is 9.52. The summed E-state index contributed by atoms with van der Waals surface area (Å²) in [5.41, 5.74) is 1.31. The van der Waals surface area contributed by atoms with Gasteiger partial charge in [-0.05, 0) is 31.9 Å². The Morgan fingerprint density at radius 3 is 2.52 bits per heavy atom. The quantitative estimate of drug-likeness (QED) is 0.364. The third kappa shape index (κ3) is 7.08. The molecule has 0 aliphatic heterocycles. The molecule has 0 aliphatic carbocycles. The molecular formula is C20H28N2S. The first kappa shape index (κ1) is 17.9. The van der Waals surface area contributed by atoms with Crippen LogP contribution in [0.3, 0.4) is 0 Å². The zero-order chi connectivity index (χ0) is 16.3. The highest BCUT2D eigenvalue weighted by atomic mass is 32.2. The molecule has 23 heavy (non-hydrogen) atoms. The molecule has 0 atom stereocenters. The van der Waals surface area contributed by atoms with Gasteiger partial charge in [0.1, 0.15) is 0 Å². The molecule has 0 saturated heterocycles. The lowest BCUT2D eigenvalue weighted by Crippen LogP contribution is -1.87. The van der Waals surface area contributed by atoms with Crippen LogP contribution in [0.4, 0.5) is 0 Å². The number of hydrogen-bond acceptors (Lipinski definition) is 2. The van der Waals surface area contributed by atoms with Gasteiger partial charge in [-0.3, -0.25) is 0 Å². The Kier molecular flexibility index (Phi) is 8.02. The smallest absolute Gasteiger partial charge is 0.0987 e. The van der Waals surface area contributed by atoms with Gasteiger partial charge in [0.05, 0.1) is 6.33 Å². The maximum absolute atomic E-state index is 4.13. The van der Waals surface area contributed by atoms with Gasteiger partial charge < -0.3 is 4.57 Å². The Hall–Kier alpha value is -1.48. The summed E-state index contributed by atoms with van der Waals surface area (Å²) in [6.07, 6.45) is 17.1. The Balaban J connectivity index is 1.91. The van der Waals surface area contributed by atoms with Crippen LogP contribution in [-0.4, -0.2) is 9.55 Å². The summed E-state index contributed by atoms with van der Waals surface area (Å²) >= 11 is 1.88. The average Bonchev–Trinajstić information content (AvgIpc) is 3.06. The van der Waals surface area contributed by atoms with E-state index in [1.54, 1.807) is 0 Å². The van der Waals surface area contributed by atoms with Gasteiger partial charge in [-0.15, -0.1) is 0 Å². The molecule has 0 bridgehead atoms. The van der Waals surface area contributed by atoms with Crippen LogP contribution in [0.2, 0.25) is 0 Å². The van der Waals surface area contributed by atoms with Crippen LogP contribution < -0.4 is 0 Å². The minimum absolute atomic E-state index is 1.14.